The molecule has 4 aromatic rings. The fourth-order valence-electron chi connectivity index (χ4n) is 4.28. The number of nitrogens with zero attached hydrogens (tertiary/aromatic N) is 4. The summed E-state index contributed by atoms with van der Waals surface area (Å²) < 4.78 is 32.9. The number of hydrogen-bond donors (Lipinski definition) is 2. The van der Waals surface area contributed by atoms with Gasteiger partial charge in [-0.25, -0.2) is 13.8 Å². The molecule has 4 rings (SSSR count). The second kappa shape index (κ2) is 10.7. The van der Waals surface area contributed by atoms with Gasteiger partial charge in [-0.1, -0.05) is 6.07 Å². The van der Waals surface area contributed by atoms with Gasteiger partial charge < -0.3 is 15.5 Å². The number of rotatable bonds is 6. The average Bonchev–Trinajstić information content (AvgIpc) is 3.31. The van der Waals surface area contributed by atoms with Gasteiger partial charge in [-0.05, 0) is 102 Å². The number of hydrogen-bond acceptors (Lipinski definition) is 4. The Morgan fingerprint density at radius 1 is 1.03 bits per heavy atom. The Morgan fingerprint density at radius 2 is 1.69 bits per heavy atom. The van der Waals surface area contributed by atoms with E-state index < -0.39 is 17.2 Å². The van der Waals surface area contributed by atoms with Gasteiger partial charge in [0.05, 0.1) is 11.2 Å². The molecule has 0 unspecified atom stereocenters. The highest BCUT2D eigenvalue weighted by atomic mass is 19.2. The standard InChI is InChI=1S/C25H29F2N5.C2H7N/c1-15-13-29-22-12-9-17(14-32(15)22)19-10-11-21(26)23(27)20(19)8-6-7-18-16(2)31(5)30-24(18)25(3,4)28;1-3-2/h9-14H,6-8,28H2,1-5H3;3H,1-2H3. The summed E-state index contributed by atoms with van der Waals surface area (Å²) >= 11 is 0. The Hall–Kier alpha value is -3.10. The van der Waals surface area contributed by atoms with Crippen molar-refractivity contribution >= 4 is 5.65 Å². The van der Waals surface area contributed by atoms with Crippen LogP contribution in [0.25, 0.3) is 16.8 Å². The Bertz CT molecular complexity index is 1310. The fourth-order valence-corrected chi connectivity index (χ4v) is 4.28. The van der Waals surface area contributed by atoms with Crippen LogP contribution in [0.1, 0.15) is 48.5 Å². The molecule has 0 aliphatic carbocycles. The zero-order valence-electron chi connectivity index (χ0n) is 21.7. The second-order valence-electron chi connectivity index (χ2n) is 9.54. The van der Waals surface area contributed by atoms with Crippen LogP contribution in [0.2, 0.25) is 0 Å². The van der Waals surface area contributed by atoms with Crippen LogP contribution < -0.4 is 11.1 Å². The summed E-state index contributed by atoms with van der Waals surface area (Å²) in [7, 11) is 5.65. The van der Waals surface area contributed by atoms with Crippen LogP contribution in [0.3, 0.4) is 0 Å². The monoisotopic (exact) mass is 482 g/mol. The van der Waals surface area contributed by atoms with Crippen LogP contribution in [0, 0.1) is 25.5 Å². The molecule has 3 N–H and O–H groups in total. The van der Waals surface area contributed by atoms with E-state index in [1.165, 1.54) is 6.07 Å². The fraction of sp³-hybridized carbons (Fsp3) is 0.407. The van der Waals surface area contributed by atoms with Gasteiger partial charge in [0.25, 0.3) is 0 Å². The molecule has 0 saturated carbocycles. The van der Waals surface area contributed by atoms with E-state index >= 15 is 0 Å². The maximum atomic E-state index is 14.9. The van der Waals surface area contributed by atoms with E-state index in [2.05, 4.69) is 15.4 Å². The molecule has 0 saturated heterocycles. The topological polar surface area (TPSA) is 73.2 Å². The molecular weight excluding hydrogens is 446 g/mol. The van der Waals surface area contributed by atoms with Crippen molar-refractivity contribution in [2.45, 2.75) is 52.5 Å². The molecule has 35 heavy (non-hydrogen) atoms. The number of aromatic nitrogens is 4. The average molecular weight is 483 g/mol. The van der Waals surface area contributed by atoms with Gasteiger partial charge in [0.1, 0.15) is 5.65 Å². The third-order valence-corrected chi connectivity index (χ3v) is 6.12. The van der Waals surface area contributed by atoms with E-state index in [1.54, 1.807) is 12.3 Å². The third-order valence-electron chi connectivity index (χ3n) is 6.12. The Kier molecular flexibility index (Phi) is 8.07. The molecular formula is C27H36F2N6. The van der Waals surface area contributed by atoms with Crippen molar-refractivity contribution < 1.29 is 8.78 Å². The largest absolute Gasteiger partial charge is 0.323 e. The van der Waals surface area contributed by atoms with Crippen LogP contribution >= 0.6 is 0 Å². The van der Waals surface area contributed by atoms with Gasteiger partial charge in [0.15, 0.2) is 11.6 Å². The molecule has 6 nitrogen and oxygen atoms in total. The number of nitrogens with one attached hydrogen (secondary N) is 1. The first-order valence-electron chi connectivity index (χ1n) is 11.8. The Morgan fingerprint density at radius 3 is 2.34 bits per heavy atom. The van der Waals surface area contributed by atoms with E-state index in [0.717, 1.165) is 33.9 Å². The summed E-state index contributed by atoms with van der Waals surface area (Å²) in [6.45, 7) is 7.82. The Balaban J connectivity index is 0.00000108. The molecule has 0 amide bonds. The first kappa shape index (κ1) is 26.5. The lowest BCUT2D eigenvalue weighted by atomic mass is 9.92. The highest BCUT2D eigenvalue weighted by Crippen LogP contribution is 2.30. The SMILES string of the molecule is CNC.Cc1c(CCCc2c(-c3ccc4ncc(C)n4c3)ccc(F)c2F)c(C(C)(C)N)nn1C. The highest BCUT2D eigenvalue weighted by Gasteiger charge is 2.25. The molecule has 0 radical (unpaired) electrons. The molecule has 8 heteroatoms. The minimum atomic E-state index is -0.829. The first-order valence-corrected chi connectivity index (χ1v) is 11.8. The summed E-state index contributed by atoms with van der Waals surface area (Å²) in [6.07, 6.45) is 5.45. The molecule has 0 aliphatic rings. The predicted molar refractivity (Wildman–Crippen MR) is 137 cm³/mol. The predicted octanol–water partition coefficient (Wildman–Crippen LogP) is 4.83. The molecule has 0 fully saturated rings. The molecule has 3 aromatic heterocycles. The summed E-state index contributed by atoms with van der Waals surface area (Å²) in [5, 5.41) is 7.33. The number of aryl methyl sites for hydroxylation is 2. The quantitative estimate of drug-likeness (QED) is 0.413. The maximum absolute atomic E-state index is 14.9. The molecule has 0 spiro atoms. The van der Waals surface area contributed by atoms with Crippen LogP contribution in [0.5, 0.6) is 0 Å². The summed E-state index contributed by atoms with van der Waals surface area (Å²) in [6, 6.07) is 6.64. The van der Waals surface area contributed by atoms with E-state index in [0.29, 0.717) is 30.4 Å². The molecule has 0 bridgehead atoms. The molecule has 0 atom stereocenters. The van der Waals surface area contributed by atoms with Crippen LogP contribution in [0.15, 0.2) is 36.7 Å². The number of nitrogens with two attached hydrogens (primary N) is 1. The number of halogens is 2. The smallest absolute Gasteiger partial charge is 0.162 e. The number of pyridine rings is 1. The van der Waals surface area contributed by atoms with Crippen molar-refractivity contribution in [1.82, 2.24) is 24.5 Å². The minimum Gasteiger partial charge on any atom is -0.323 e. The van der Waals surface area contributed by atoms with Gasteiger partial charge in [-0.15, -0.1) is 0 Å². The van der Waals surface area contributed by atoms with Crippen molar-refractivity contribution in [2.75, 3.05) is 14.1 Å². The van der Waals surface area contributed by atoms with Gasteiger partial charge in [0.2, 0.25) is 0 Å². The zero-order chi connectivity index (χ0) is 25.9. The summed E-state index contributed by atoms with van der Waals surface area (Å²) in [4.78, 5) is 4.34. The molecule has 188 valence electrons. The lowest BCUT2D eigenvalue weighted by Crippen LogP contribution is -2.30. The molecule has 0 aliphatic heterocycles. The summed E-state index contributed by atoms with van der Waals surface area (Å²) in [5.41, 5.74) is 12.4. The zero-order valence-corrected chi connectivity index (χ0v) is 21.7. The van der Waals surface area contributed by atoms with Crippen LogP contribution in [0.4, 0.5) is 8.78 Å². The van der Waals surface area contributed by atoms with E-state index in [4.69, 9.17) is 5.73 Å². The third kappa shape index (κ3) is 5.60. The van der Waals surface area contributed by atoms with Crippen molar-refractivity contribution in [3.63, 3.8) is 0 Å². The van der Waals surface area contributed by atoms with E-state index in [1.807, 2.05) is 76.3 Å². The lowest BCUT2D eigenvalue weighted by Gasteiger charge is -2.18. The van der Waals surface area contributed by atoms with Crippen molar-refractivity contribution in [2.24, 2.45) is 12.8 Å². The van der Waals surface area contributed by atoms with Crippen molar-refractivity contribution in [3.05, 3.63) is 76.5 Å². The van der Waals surface area contributed by atoms with Gasteiger partial charge in [-0.3, -0.25) is 4.68 Å². The maximum Gasteiger partial charge on any atom is 0.162 e. The number of benzene rings is 1. The van der Waals surface area contributed by atoms with Crippen LogP contribution in [-0.4, -0.2) is 33.3 Å². The summed E-state index contributed by atoms with van der Waals surface area (Å²) in [5.74, 6) is -1.61. The minimum absolute atomic E-state index is 0.386. The van der Waals surface area contributed by atoms with Crippen molar-refractivity contribution in [1.29, 1.82) is 0 Å². The van der Waals surface area contributed by atoms with Gasteiger partial charge >= 0.3 is 0 Å². The molecule has 3 heterocycles. The first-order chi connectivity index (χ1) is 16.5. The lowest BCUT2D eigenvalue weighted by molar-refractivity contribution is 0.497. The van der Waals surface area contributed by atoms with Gasteiger partial charge in [0, 0.05) is 30.8 Å². The molecule has 1 aromatic carbocycles. The van der Waals surface area contributed by atoms with Gasteiger partial charge in [-0.2, -0.15) is 5.10 Å². The number of fused-ring (bicyclic) bond motifs is 1. The highest BCUT2D eigenvalue weighted by molar-refractivity contribution is 5.68. The van der Waals surface area contributed by atoms with Crippen molar-refractivity contribution in [3.8, 4) is 11.1 Å². The second-order valence-corrected chi connectivity index (χ2v) is 9.54. The Labute approximate surface area is 206 Å². The van der Waals surface area contributed by atoms with E-state index in [9.17, 15) is 8.78 Å². The van der Waals surface area contributed by atoms with E-state index in [-0.39, 0.29) is 0 Å². The number of imidazole rings is 1. The van der Waals surface area contributed by atoms with Crippen LogP contribution in [-0.2, 0) is 25.4 Å². The normalized spacial score (nSPS) is 11.6.